The number of allylic oxidation sites excluding steroid dienone is 3. The van der Waals surface area contributed by atoms with Crippen LogP contribution >= 0.6 is 11.6 Å². The first-order valence-electron chi connectivity index (χ1n) is 10.2. The third kappa shape index (κ3) is 4.28. The molecule has 4 rings (SSSR count). The number of anilines is 1. The molecule has 0 saturated carbocycles. The van der Waals surface area contributed by atoms with Crippen molar-refractivity contribution in [2.24, 2.45) is 5.41 Å². The van der Waals surface area contributed by atoms with Crippen LogP contribution in [-0.2, 0) is 9.59 Å². The highest BCUT2D eigenvalue weighted by atomic mass is 35.5. The Bertz CT molecular complexity index is 1120. The molecule has 0 bridgehead atoms. The highest BCUT2D eigenvalue weighted by Crippen LogP contribution is 2.46. The predicted molar refractivity (Wildman–Crippen MR) is 120 cm³/mol. The summed E-state index contributed by atoms with van der Waals surface area (Å²) >= 11 is 6.09. The summed E-state index contributed by atoms with van der Waals surface area (Å²) in [6.45, 7) is 5.99. The quantitative estimate of drug-likeness (QED) is 0.644. The van der Waals surface area contributed by atoms with Crippen molar-refractivity contribution in [3.63, 3.8) is 0 Å². The van der Waals surface area contributed by atoms with E-state index in [9.17, 15) is 14.0 Å². The Morgan fingerprint density at radius 2 is 1.74 bits per heavy atom. The monoisotopic (exact) mass is 438 g/mol. The molecule has 1 aliphatic heterocycles. The van der Waals surface area contributed by atoms with Crippen molar-refractivity contribution in [2.45, 2.75) is 39.5 Å². The van der Waals surface area contributed by atoms with Crippen LogP contribution in [0.1, 0.15) is 45.1 Å². The van der Waals surface area contributed by atoms with Crippen LogP contribution in [0.5, 0.6) is 0 Å². The minimum absolute atomic E-state index is 0.0401. The van der Waals surface area contributed by atoms with Crippen molar-refractivity contribution in [1.82, 2.24) is 5.32 Å². The van der Waals surface area contributed by atoms with E-state index in [2.05, 4.69) is 24.5 Å². The predicted octanol–water partition coefficient (Wildman–Crippen LogP) is 5.72. The molecule has 0 radical (unpaired) electrons. The Morgan fingerprint density at radius 3 is 2.39 bits per heavy atom. The molecule has 2 aromatic carbocycles. The lowest BCUT2D eigenvalue weighted by molar-refractivity contribution is -0.118. The molecule has 1 amide bonds. The van der Waals surface area contributed by atoms with Gasteiger partial charge in [0.05, 0.1) is 0 Å². The van der Waals surface area contributed by atoms with E-state index in [-0.39, 0.29) is 22.9 Å². The molecule has 0 spiro atoms. The van der Waals surface area contributed by atoms with Crippen molar-refractivity contribution in [2.75, 3.05) is 5.32 Å². The maximum Gasteiger partial charge on any atom is 0.254 e. The first-order chi connectivity index (χ1) is 14.6. The molecule has 2 aromatic rings. The Labute approximate surface area is 186 Å². The third-order valence-corrected chi connectivity index (χ3v) is 6.04. The summed E-state index contributed by atoms with van der Waals surface area (Å²) < 4.78 is 13.3. The molecule has 0 fully saturated rings. The second-order valence-electron chi connectivity index (χ2n) is 8.94. The molecule has 0 saturated heterocycles. The van der Waals surface area contributed by atoms with Gasteiger partial charge in [0, 0.05) is 45.6 Å². The number of hydrogen-bond donors (Lipinski definition) is 2. The molecule has 2 aliphatic rings. The number of benzene rings is 2. The van der Waals surface area contributed by atoms with Crippen molar-refractivity contribution < 1.29 is 14.0 Å². The normalized spacial score (nSPS) is 20.3. The summed E-state index contributed by atoms with van der Waals surface area (Å²) in [5.74, 6) is -1.17. The number of halogens is 2. The van der Waals surface area contributed by atoms with Crippen LogP contribution in [0.25, 0.3) is 0 Å². The van der Waals surface area contributed by atoms with Gasteiger partial charge < -0.3 is 10.6 Å². The summed E-state index contributed by atoms with van der Waals surface area (Å²) in [4.78, 5) is 26.6. The van der Waals surface area contributed by atoms with Crippen LogP contribution in [0.2, 0.25) is 5.02 Å². The SMILES string of the molecule is CC1=C(C(=O)Nc2ccc(F)cc2)C(c2ccc(Cl)cc2)C2=C(CC(C)(C)CC2=O)N1. The molecular weight excluding hydrogens is 415 g/mol. The van der Waals surface area contributed by atoms with Gasteiger partial charge in [-0.1, -0.05) is 37.6 Å². The lowest BCUT2D eigenvalue weighted by atomic mass is 9.68. The smallest absolute Gasteiger partial charge is 0.254 e. The van der Waals surface area contributed by atoms with Gasteiger partial charge in [-0.2, -0.15) is 0 Å². The fourth-order valence-corrected chi connectivity index (χ4v) is 4.58. The van der Waals surface area contributed by atoms with Gasteiger partial charge in [-0.15, -0.1) is 0 Å². The lowest BCUT2D eigenvalue weighted by Gasteiger charge is -2.39. The number of carbonyl (C=O) groups is 2. The summed E-state index contributed by atoms with van der Waals surface area (Å²) in [5, 5.41) is 6.76. The minimum Gasteiger partial charge on any atom is -0.362 e. The van der Waals surface area contributed by atoms with Crippen molar-refractivity contribution in [3.05, 3.63) is 87.5 Å². The minimum atomic E-state index is -0.502. The average molecular weight is 439 g/mol. The second-order valence-corrected chi connectivity index (χ2v) is 9.38. The topological polar surface area (TPSA) is 58.2 Å². The summed E-state index contributed by atoms with van der Waals surface area (Å²) in [5.41, 5.74) is 3.84. The molecule has 1 unspecified atom stereocenters. The average Bonchev–Trinajstić information content (AvgIpc) is 2.68. The Balaban J connectivity index is 1.79. The fraction of sp³-hybridized carbons (Fsp3) is 0.280. The van der Waals surface area contributed by atoms with Crippen molar-refractivity contribution in [1.29, 1.82) is 0 Å². The van der Waals surface area contributed by atoms with Gasteiger partial charge in [-0.3, -0.25) is 9.59 Å². The van der Waals surface area contributed by atoms with Gasteiger partial charge in [0.25, 0.3) is 5.91 Å². The van der Waals surface area contributed by atoms with E-state index in [1.807, 2.05) is 19.1 Å². The second kappa shape index (κ2) is 7.97. The molecule has 31 heavy (non-hydrogen) atoms. The van der Waals surface area contributed by atoms with Crippen molar-refractivity contribution in [3.8, 4) is 0 Å². The molecular formula is C25H24ClFN2O2. The first kappa shape index (κ1) is 21.3. The van der Waals surface area contributed by atoms with Crippen molar-refractivity contribution >= 4 is 29.0 Å². The van der Waals surface area contributed by atoms with E-state index in [0.29, 0.717) is 34.0 Å². The number of nitrogens with one attached hydrogen (secondary N) is 2. The molecule has 1 heterocycles. The standard InChI is InChI=1S/C25H24ClFN2O2/c1-14-21(24(31)29-18-10-8-17(27)9-11-18)22(15-4-6-16(26)7-5-15)23-19(28-14)12-25(2,3)13-20(23)30/h4-11,22,28H,12-13H2,1-3H3,(H,29,31). The molecule has 4 nitrogen and oxygen atoms in total. The number of ketones is 1. The highest BCUT2D eigenvalue weighted by molar-refractivity contribution is 6.30. The van der Waals surface area contributed by atoms with Crippen LogP contribution in [0.15, 0.2) is 71.1 Å². The molecule has 6 heteroatoms. The fourth-order valence-electron chi connectivity index (χ4n) is 4.46. The van der Waals surface area contributed by atoms with E-state index >= 15 is 0 Å². The van der Waals surface area contributed by atoms with E-state index in [0.717, 1.165) is 17.7 Å². The van der Waals surface area contributed by atoms with Crippen LogP contribution in [0, 0.1) is 11.2 Å². The van der Waals surface area contributed by atoms with Gasteiger partial charge >= 0.3 is 0 Å². The maximum absolute atomic E-state index is 13.4. The van der Waals surface area contributed by atoms with Gasteiger partial charge in [0.2, 0.25) is 0 Å². The Kier molecular flexibility index (Phi) is 5.48. The summed E-state index contributed by atoms with van der Waals surface area (Å²) in [6.07, 6.45) is 1.14. The third-order valence-electron chi connectivity index (χ3n) is 5.79. The van der Waals surface area contributed by atoms with Crippen LogP contribution in [0.3, 0.4) is 0 Å². The number of rotatable bonds is 3. The highest BCUT2D eigenvalue weighted by Gasteiger charge is 2.42. The number of dihydropyridines is 1. The van der Waals surface area contributed by atoms with E-state index in [1.165, 1.54) is 24.3 Å². The number of Topliss-reactive ketones (excluding diaryl/α,β-unsaturated/α-hetero) is 1. The number of carbonyl (C=O) groups excluding carboxylic acids is 2. The largest absolute Gasteiger partial charge is 0.362 e. The molecule has 2 N–H and O–H groups in total. The molecule has 160 valence electrons. The number of amides is 1. The van der Waals surface area contributed by atoms with Gasteiger partial charge in [0.1, 0.15) is 5.82 Å². The Hall–Kier alpha value is -2.92. The van der Waals surface area contributed by atoms with E-state index in [4.69, 9.17) is 11.6 Å². The zero-order chi connectivity index (χ0) is 22.3. The molecule has 0 aromatic heterocycles. The summed E-state index contributed by atoms with van der Waals surface area (Å²) in [6, 6.07) is 12.8. The number of hydrogen-bond acceptors (Lipinski definition) is 3. The van der Waals surface area contributed by atoms with Crippen LogP contribution < -0.4 is 10.6 Å². The van der Waals surface area contributed by atoms with Crippen LogP contribution in [0.4, 0.5) is 10.1 Å². The van der Waals surface area contributed by atoms with E-state index < -0.39 is 5.92 Å². The van der Waals surface area contributed by atoms with Gasteiger partial charge in [0.15, 0.2) is 5.78 Å². The zero-order valence-electron chi connectivity index (χ0n) is 17.7. The van der Waals surface area contributed by atoms with Gasteiger partial charge in [-0.05, 0) is 60.7 Å². The van der Waals surface area contributed by atoms with Gasteiger partial charge in [-0.25, -0.2) is 4.39 Å². The first-order valence-corrected chi connectivity index (χ1v) is 10.6. The lowest BCUT2D eigenvalue weighted by Crippen LogP contribution is -2.39. The van der Waals surface area contributed by atoms with Crippen LogP contribution in [-0.4, -0.2) is 11.7 Å². The van der Waals surface area contributed by atoms with E-state index in [1.54, 1.807) is 12.1 Å². The Morgan fingerprint density at radius 1 is 1.10 bits per heavy atom. The molecule has 1 aliphatic carbocycles. The zero-order valence-corrected chi connectivity index (χ0v) is 18.4. The maximum atomic E-state index is 13.4. The summed E-state index contributed by atoms with van der Waals surface area (Å²) in [7, 11) is 0. The molecule has 1 atom stereocenters.